The van der Waals surface area contributed by atoms with Crippen molar-refractivity contribution in [2.75, 3.05) is 18.0 Å². The van der Waals surface area contributed by atoms with Gasteiger partial charge in [0.1, 0.15) is 5.82 Å². The van der Waals surface area contributed by atoms with Crippen molar-refractivity contribution in [3.63, 3.8) is 0 Å². The van der Waals surface area contributed by atoms with Gasteiger partial charge in [-0.1, -0.05) is 12.1 Å². The van der Waals surface area contributed by atoms with Crippen LogP contribution in [0.25, 0.3) is 0 Å². The van der Waals surface area contributed by atoms with Crippen molar-refractivity contribution in [2.45, 2.75) is 6.54 Å². The van der Waals surface area contributed by atoms with Crippen molar-refractivity contribution in [1.82, 2.24) is 5.32 Å². The highest BCUT2D eigenvalue weighted by atomic mass is 79.9. The molecular formula is C14H13BrFN3S. The Morgan fingerprint density at radius 2 is 2.25 bits per heavy atom. The van der Waals surface area contributed by atoms with Crippen LogP contribution in [0.4, 0.5) is 10.1 Å². The SMILES string of the molecule is Fc1cccc(Br)c1N(Cc1cccs1)C1=NCCN1. The maximum Gasteiger partial charge on any atom is 0.199 e. The molecule has 0 radical (unpaired) electrons. The lowest BCUT2D eigenvalue weighted by atomic mass is 10.2. The van der Waals surface area contributed by atoms with Gasteiger partial charge in [0.05, 0.1) is 18.8 Å². The van der Waals surface area contributed by atoms with Crippen molar-refractivity contribution in [3.8, 4) is 0 Å². The van der Waals surface area contributed by atoms with E-state index in [1.54, 1.807) is 17.4 Å². The van der Waals surface area contributed by atoms with E-state index in [4.69, 9.17) is 0 Å². The second kappa shape index (κ2) is 5.93. The number of para-hydroxylation sites is 1. The van der Waals surface area contributed by atoms with E-state index in [9.17, 15) is 4.39 Å². The molecular weight excluding hydrogens is 341 g/mol. The lowest BCUT2D eigenvalue weighted by molar-refractivity contribution is 0.624. The topological polar surface area (TPSA) is 27.6 Å². The fraction of sp³-hybridized carbons (Fsp3) is 0.214. The minimum atomic E-state index is -0.257. The van der Waals surface area contributed by atoms with Gasteiger partial charge in [-0.2, -0.15) is 0 Å². The maximum atomic E-state index is 14.2. The Kier molecular flexibility index (Phi) is 4.03. The summed E-state index contributed by atoms with van der Waals surface area (Å²) in [5.74, 6) is 0.469. The molecule has 0 saturated carbocycles. The number of hydrogen-bond acceptors (Lipinski definition) is 4. The molecule has 0 atom stereocenters. The average molecular weight is 354 g/mol. The Bertz CT molecular complexity index is 607. The summed E-state index contributed by atoms with van der Waals surface area (Å²) in [6, 6.07) is 9.04. The summed E-state index contributed by atoms with van der Waals surface area (Å²) in [5, 5.41) is 5.24. The van der Waals surface area contributed by atoms with E-state index >= 15 is 0 Å². The van der Waals surface area contributed by atoms with E-state index in [-0.39, 0.29) is 5.82 Å². The van der Waals surface area contributed by atoms with Crippen molar-refractivity contribution in [2.24, 2.45) is 4.99 Å². The predicted octanol–water partition coefficient (Wildman–Crippen LogP) is 3.62. The van der Waals surface area contributed by atoms with Crippen LogP contribution in [0.3, 0.4) is 0 Å². The molecule has 1 aromatic heterocycles. The van der Waals surface area contributed by atoms with Crippen LogP contribution < -0.4 is 10.2 Å². The van der Waals surface area contributed by atoms with E-state index in [0.717, 1.165) is 28.4 Å². The van der Waals surface area contributed by atoms with Crippen molar-refractivity contribution < 1.29 is 4.39 Å². The molecule has 0 saturated heterocycles. The van der Waals surface area contributed by atoms with Gasteiger partial charge in [0.15, 0.2) is 5.96 Å². The van der Waals surface area contributed by atoms with Crippen molar-refractivity contribution in [1.29, 1.82) is 0 Å². The molecule has 1 aliphatic rings. The van der Waals surface area contributed by atoms with Crippen LogP contribution in [0, 0.1) is 5.82 Å². The summed E-state index contributed by atoms with van der Waals surface area (Å²) in [4.78, 5) is 7.47. The third-order valence-electron chi connectivity index (χ3n) is 3.01. The molecule has 2 heterocycles. The lowest BCUT2D eigenvalue weighted by Gasteiger charge is -2.25. The van der Waals surface area contributed by atoms with E-state index in [0.29, 0.717) is 12.2 Å². The number of benzene rings is 1. The number of anilines is 1. The Morgan fingerprint density at radius 3 is 2.90 bits per heavy atom. The highest BCUT2D eigenvalue weighted by molar-refractivity contribution is 9.10. The average Bonchev–Trinajstić information content (AvgIpc) is 3.10. The summed E-state index contributed by atoms with van der Waals surface area (Å²) in [5.41, 5.74) is 0.522. The third kappa shape index (κ3) is 2.71. The number of guanidine groups is 1. The molecule has 2 aromatic rings. The number of thiophene rings is 1. The quantitative estimate of drug-likeness (QED) is 0.912. The van der Waals surface area contributed by atoms with Gasteiger partial charge < -0.3 is 10.2 Å². The number of aliphatic imine (C=N–C) groups is 1. The highest BCUT2D eigenvalue weighted by Gasteiger charge is 2.22. The van der Waals surface area contributed by atoms with Gasteiger partial charge in [-0.3, -0.25) is 4.99 Å². The predicted molar refractivity (Wildman–Crippen MR) is 84.9 cm³/mol. The van der Waals surface area contributed by atoms with E-state index < -0.39 is 0 Å². The van der Waals surface area contributed by atoms with Gasteiger partial charge in [-0.05, 0) is 39.5 Å². The number of hydrogen-bond donors (Lipinski definition) is 1. The van der Waals surface area contributed by atoms with Crippen LogP contribution >= 0.6 is 27.3 Å². The van der Waals surface area contributed by atoms with Gasteiger partial charge in [0, 0.05) is 15.9 Å². The standard InChI is InChI=1S/C14H13BrFN3S/c15-11-4-1-5-12(16)13(11)19(14-17-6-7-18-14)9-10-3-2-8-20-10/h1-5,8H,6-7,9H2,(H,17,18). The molecule has 0 amide bonds. The Labute approximate surface area is 129 Å². The molecule has 3 rings (SSSR count). The van der Waals surface area contributed by atoms with Gasteiger partial charge in [-0.15, -0.1) is 11.3 Å². The normalized spacial score (nSPS) is 14.0. The molecule has 20 heavy (non-hydrogen) atoms. The molecule has 0 spiro atoms. The van der Waals surface area contributed by atoms with Crippen LogP contribution in [-0.2, 0) is 6.54 Å². The Balaban J connectivity index is 2.00. The van der Waals surface area contributed by atoms with Crippen molar-refractivity contribution in [3.05, 3.63) is 50.9 Å². The van der Waals surface area contributed by atoms with E-state index in [1.807, 2.05) is 28.5 Å². The van der Waals surface area contributed by atoms with Crippen LogP contribution in [0.1, 0.15) is 4.88 Å². The summed E-state index contributed by atoms with van der Waals surface area (Å²) < 4.78 is 15.0. The number of nitrogens with zero attached hydrogens (tertiary/aromatic N) is 2. The largest absolute Gasteiger partial charge is 0.354 e. The second-order valence-corrected chi connectivity index (χ2v) is 6.25. The zero-order valence-corrected chi connectivity index (χ0v) is 13.0. The minimum absolute atomic E-state index is 0.257. The highest BCUT2D eigenvalue weighted by Crippen LogP contribution is 2.31. The van der Waals surface area contributed by atoms with Crippen LogP contribution in [-0.4, -0.2) is 19.0 Å². The maximum absolute atomic E-state index is 14.2. The number of halogens is 2. The Hall–Kier alpha value is -1.40. The molecule has 1 N–H and O–H groups in total. The first-order valence-corrected chi connectivity index (χ1v) is 7.95. The Morgan fingerprint density at radius 1 is 1.35 bits per heavy atom. The number of nitrogens with one attached hydrogen (secondary N) is 1. The molecule has 1 aliphatic heterocycles. The van der Waals surface area contributed by atoms with E-state index in [2.05, 4.69) is 26.2 Å². The second-order valence-electron chi connectivity index (χ2n) is 4.37. The summed E-state index contributed by atoms with van der Waals surface area (Å²) in [7, 11) is 0. The number of rotatable bonds is 3. The lowest BCUT2D eigenvalue weighted by Crippen LogP contribution is -2.39. The van der Waals surface area contributed by atoms with Crippen LogP contribution in [0.5, 0.6) is 0 Å². The monoisotopic (exact) mass is 353 g/mol. The zero-order chi connectivity index (χ0) is 13.9. The van der Waals surface area contributed by atoms with Gasteiger partial charge >= 0.3 is 0 Å². The zero-order valence-electron chi connectivity index (χ0n) is 10.6. The molecule has 104 valence electrons. The van der Waals surface area contributed by atoms with Crippen LogP contribution in [0.15, 0.2) is 45.2 Å². The summed E-state index contributed by atoms with van der Waals surface area (Å²) in [6.07, 6.45) is 0. The molecule has 0 bridgehead atoms. The fourth-order valence-electron chi connectivity index (χ4n) is 2.13. The first-order chi connectivity index (χ1) is 9.75. The van der Waals surface area contributed by atoms with Gasteiger partial charge in [0.25, 0.3) is 0 Å². The summed E-state index contributed by atoms with van der Waals surface area (Å²) in [6.45, 7) is 2.12. The smallest absolute Gasteiger partial charge is 0.199 e. The van der Waals surface area contributed by atoms with Gasteiger partial charge in [-0.25, -0.2) is 4.39 Å². The first kappa shape index (κ1) is 13.6. The molecule has 0 aliphatic carbocycles. The first-order valence-electron chi connectivity index (χ1n) is 6.28. The molecule has 0 unspecified atom stereocenters. The summed E-state index contributed by atoms with van der Waals surface area (Å²) >= 11 is 5.09. The van der Waals surface area contributed by atoms with E-state index in [1.165, 1.54) is 6.07 Å². The fourth-order valence-corrected chi connectivity index (χ4v) is 3.38. The van der Waals surface area contributed by atoms with Crippen molar-refractivity contribution >= 4 is 38.9 Å². The van der Waals surface area contributed by atoms with Gasteiger partial charge in [0.2, 0.25) is 0 Å². The molecule has 3 nitrogen and oxygen atoms in total. The molecule has 6 heteroatoms. The molecule has 0 fully saturated rings. The molecule has 1 aromatic carbocycles. The third-order valence-corrected chi connectivity index (χ3v) is 4.51. The van der Waals surface area contributed by atoms with Crippen LogP contribution in [0.2, 0.25) is 0 Å². The minimum Gasteiger partial charge on any atom is -0.354 e.